The van der Waals surface area contributed by atoms with E-state index >= 15 is 0 Å². The van der Waals surface area contributed by atoms with Crippen molar-refractivity contribution in [3.8, 4) is 0 Å². The van der Waals surface area contributed by atoms with Gasteiger partial charge in [-0.1, -0.05) is 61.5 Å². The quantitative estimate of drug-likeness (QED) is 0.473. The minimum absolute atomic E-state index is 0.0255. The third kappa shape index (κ3) is 5.87. The molecule has 0 radical (unpaired) electrons. The van der Waals surface area contributed by atoms with Crippen LogP contribution < -0.4 is 0 Å². The highest BCUT2D eigenvalue weighted by molar-refractivity contribution is 5.60. The van der Waals surface area contributed by atoms with E-state index in [0.29, 0.717) is 31.4 Å². The first-order valence-corrected chi connectivity index (χ1v) is 10.5. The molecule has 2 aromatic rings. The Hall–Kier alpha value is -2.29. The normalized spacial score (nSPS) is 22.5. The number of aromatic nitrogens is 3. The van der Waals surface area contributed by atoms with Gasteiger partial charge < -0.3 is 19.4 Å². The Morgan fingerprint density at radius 3 is 2.67 bits per heavy atom. The molecule has 1 aromatic heterocycles. The summed E-state index contributed by atoms with van der Waals surface area (Å²) in [6.45, 7) is 9.53. The lowest BCUT2D eigenvalue weighted by Crippen LogP contribution is -2.28. The Kier molecular flexibility index (Phi) is 7.95. The van der Waals surface area contributed by atoms with Crippen LogP contribution in [-0.2, 0) is 20.9 Å². The van der Waals surface area contributed by atoms with Crippen LogP contribution >= 0.6 is 0 Å². The smallest absolute Gasteiger partial charge is 0.169 e. The predicted molar refractivity (Wildman–Crippen MR) is 113 cm³/mol. The Morgan fingerprint density at radius 1 is 1.23 bits per heavy atom. The molecule has 0 saturated carbocycles. The lowest BCUT2D eigenvalue weighted by Gasteiger charge is -2.25. The molecule has 0 aliphatic carbocycles. The van der Waals surface area contributed by atoms with Gasteiger partial charge in [0.1, 0.15) is 17.8 Å². The number of aliphatic hydroxyl groups excluding tert-OH is 1. The summed E-state index contributed by atoms with van der Waals surface area (Å²) in [5, 5.41) is 22.3. The maximum Gasteiger partial charge on any atom is 0.169 e. The van der Waals surface area contributed by atoms with E-state index in [4.69, 9.17) is 14.3 Å². The van der Waals surface area contributed by atoms with Gasteiger partial charge in [0.2, 0.25) is 0 Å². The molecule has 1 aromatic carbocycles. The average molecular weight is 417 g/mol. The molecule has 0 spiro atoms. The van der Waals surface area contributed by atoms with E-state index in [-0.39, 0.29) is 24.2 Å². The Balaban J connectivity index is 1.51. The number of ether oxygens (including phenoxy) is 2. The van der Waals surface area contributed by atoms with Crippen molar-refractivity contribution in [2.75, 3.05) is 13.2 Å². The summed E-state index contributed by atoms with van der Waals surface area (Å²) in [6, 6.07) is 9.94. The molecule has 30 heavy (non-hydrogen) atoms. The van der Waals surface area contributed by atoms with Crippen molar-refractivity contribution in [3.63, 3.8) is 0 Å². The fourth-order valence-corrected chi connectivity index (χ4v) is 3.50. The Bertz CT molecular complexity index is 795. The maximum absolute atomic E-state index is 9.93. The number of aliphatic hydroxyl groups is 1. The second-order valence-electron chi connectivity index (χ2n) is 8.16. The van der Waals surface area contributed by atoms with Gasteiger partial charge in [-0.3, -0.25) is 0 Å². The van der Waals surface area contributed by atoms with Crippen molar-refractivity contribution in [2.24, 2.45) is 17.0 Å². The minimum Gasteiger partial charge on any atom is -0.388 e. The van der Waals surface area contributed by atoms with Crippen LogP contribution in [0.15, 0.2) is 41.7 Å². The van der Waals surface area contributed by atoms with E-state index in [0.717, 1.165) is 5.56 Å². The second kappa shape index (κ2) is 10.7. The van der Waals surface area contributed by atoms with Crippen LogP contribution in [0.2, 0.25) is 0 Å². The van der Waals surface area contributed by atoms with Crippen LogP contribution in [-0.4, -0.2) is 51.7 Å². The molecule has 1 saturated heterocycles. The number of oxime groups is 1. The lowest BCUT2D eigenvalue weighted by molar-refractivity contribution is -0.00779. The van der Waals surface area contributed by atoms with Gasteiger partial charge in [0, 0.05) is 12.1 Å². The molecule has 8 heteroatoms. The van der Waals surface area contributed by atoms with Gasteiger partial charge in [-0.2, -0.15) is 0 Å². The summed E-state index contributed by atoms with van der Waals surface area (Å²) in [7, 11) is 0. The van der Waals surface area contributed by atoms with Crippen LogP contribution in [0.3, 0.4) is 0 Å². The molecule has 0 unspecified atom stereocenters. The van der Waals surface area contributed by atoms with Gasteiger partial charge >= 0.3 is 0 Å². The second-order valence-corrected chi connectivity index (χ2v) is 8.16. The summed E-state index contributed by atoms with van der Waals surface area (Å²) in [5.74, 6) is 0.426. The molecule has 3 rings (SSSR count). The number of hydrogen-bond acceptors (Lipinski definition) is 7. The molecular weight excluding hydrogens is 384 g/mol. The van der Waals surface area contributed by atoms with Gasteiger partial charge in [0.15, 0.2) is 6.10 Å². The zero-order valence-corrected chi connectivity index (χ0v) is 18.1. The van der Waals surface area contributed by atoms with E-state index in [2.05, 4.69) is 48.4 Å². The van der Waals surface area contributed by atoms with Gasteiger partial charge in [0.05, 0.1) is 32.1 Å². The largest absolute Gasteiger partial charge is 0.388 e. The highest BCUT2D eigenvalue weighted by Crippen LogP contribution is 2.22. The van der Waals surface area contributed by atoms with Crippen molar-refractivity contribution >= 4 is 6.21 Å². The van der Waals surface area contributed by atoms with Crippen molar-refractivity contribution < 1.29 is 19.4 Å². The summed E-state index contributed by atoms with van der Waals surface area (Å²) in [4.78, 5) is 5.60. The molecule has 2 heterocycles. The minimum atomic E-state index is -0.571. The number of benzene rings is 1. The molecule has 1 N–H and O–H groups in total. The standard InChI is InChI=1S/C22H32N4O4/c1-15(2)22(29-12-18-8-6-5-7-9-18)16(3)10-23-30-17(4)19-11-26(25-24-19)20-13-28-14-21(20)27/h5-11,15-17,20-22,27H,12-14H2,1-4H3/b23-10-/t16-,17+,20-,21+,22-/m1/s1. The summed E-state index contributed by atoms with van der Waals surface area (Å²) in [6.07, 6.45) is 2.65. The number of nitrogens with zero attached hydrogens (tertiary/aromatic N) is 4. The topological polar surface area (TPSA) is 91.0 Å². The van der Waals surface area contributed by atoms with E-state index in [1.165, 1.54) is 0 Å². The Labute approximate surface area is 177 Å². The first-order valence-electron chi connectivity index (χ1n) is 10.5. The summed E-state index contributed by atoms with van der Waals surface area (Å²) in [5.41, 5.74) is 1.80. The van der Waals surface area contributed by atoms with E-state index in [9.17, 15) is 5.11 Å². The zero-order valence-electron chi connectivity index (χ0n) is 18.1. The van der Waals surface area contributed by atoms with E-state index < -0.39 is 6.10 Å². The molecule has 164 valence electrons. The molecule has 8 nitrogen and oxygen atoms in total. The molecule has 1 aliphatic heterocycles. The SMILES string of the molecule is CC(C)[C@@H](OCc1ccccc1)[C@H](C)/C=N\O[C@@H](C)c1cn([C@@H]2COC[C@@H]2O)nn1. The van der Waals surface area contributed by atoms with Gasteiger partial charge in [0.25, 0.3) is 0 Å². The van der Waals surface area contributed by atoms with Crippen LogP contribution in [0.1, 0.15) is 51.1 Å². The summed E-state index contributed by atoms with van der Waals surface area (Å²) >= 11 is 0. The third-order valence-electron chi connectivity index (χ3n) is 5.28. The monoisotopic (exact) mass is 416 g/mol. The molecule has 5 atom stereocenters. The average Bonchev–Trinajstić information content (AvgIpc) is 3.37. The third-order valence-corrected chi connectivity index (χ3v) is 5.28. The van der Waals surface area contributed by atoms with Crippen LogP contribution in [0.5, 0.6) is 0 Å². The number of rotatable bonds is 10. The molecule has 1 aliphatic rings. The lowest BCUT2D eigenvalue weighted by atomic mass is 9.95. The predicted octanol–water partition coefficient (Wildman–Crippen LogP) is 3.15. The number of hydrogen-bond donors (Lipinski definition) is 1. The van der Waals surface area contributed by atoms with Crippen molar-refractivity contribution in [3.05, 3.63) is 47.8 Å². The highest BCUT2D eigenvalue weighted by atomic mass is 16.6. The van der Waals surface area contributed by atoms with Gasteiger partial charge in [-0.05, 0) is 18.4 Å². The molecular formula is C22H32N4O4. The van der Waals surface area contributed by atoms with E-state index in [1.807, 2.05) is 25.1 Å². The van der Waals surface area contributed by atoms with Gasteiger partial charge in [-0.25, -0.2) is 4.68 Å². The van der Waals surface area contributed by atoms with Gasteiger partial charge in [-0.15, -0.1) is 5.10 Å². The fraction of sp³-hybridized carbons (Fsp3) is 0.591. The van der Waals surface area contributed by atoms with Crippen LogP contribution in [0.25, 0.3) is 0 Å². The van der Waals surface area contributed by atoms with Crippen LogP contribution in [0, 0.1) is 11.8 Å². The maximum atomic E-state index is 9.93. The first kappa shape index (κ1) is 22.4. The zero-order chi connectivity index (χ0) is 21.5. The summed E-state index contributed by atoms with van der Waals surface area (Å²) < 4.78 is 13.1. The molecule has 0 amide bonds. The van der Waals surface area contributed by atoms with Crippen molar-refractivity contribution in [1.29, 1.82) is 0 Å². The molecule has 1 fully saturated rings. The molecule has 0 bridgehead atoms. The fourth-order valence-electron chi connectivity index (χ4n) is 3.50. The van der Waals surface area contributed by atoms with Crippen molar-refractivity contribution in [2.45, 2.75) is 58.7 Å². The van der Waals surface area contributed by atoms with Crippen LogP contribution in [0.4, 0.5) is 0 Å². The highest BCUT2D eigenvalue weighted by Gasteiger charge is 2.29. The van der Waals surface area contributed by atoms with Crippen molar-refractivity contribution in [1.82, 2.24) is 15.0 Å². The first-order chi connectivity index (χ1) is 14.5. The Morgan fingerprint density at radius 2 is 2.00 bits per heavy atom. The van der Waals surface area contributed by atoms with E-state index in [1.54, 1.807) is 17.1 Å².